The molecule has 4 heteroatoms. The molecule has 1 saturated heterocycles. The number of carboxylic acids is 1. The summed E-state index contributed by atoms with van der Waals surface area (Å²) in [6.45, 7) is 7.68. The van der Waals surface area contributed by atoms with Gasteiger partial charge in [0.05, 0.1) is 5.92 Å². The van der Waals surface area contributed by atoms with E-state index in [-0.39, 0.29) is 11.3 Å². The first-order valence-electron chi connectivity index (χ1n) is 6.55. The van der Waals surface area contributed by atoms with Crippen LogP contribution in [0.4, 0.5) is 5.69 Å². The molecule has 0 saturated carbocycles. The standard InChI is InChI=1S/C15H20BrNO2/c1-10-8-11(16)4-5-13(10)17-7-6-15(2,3)12(9-17)14(18)19/h4-5,8,12H,6-7,9H2,1-3H3,(H,18,19). The van der Waals surface area contributed by atoms with E-state index >= 15 is 0 Å². The van der Waals surface area contributed by atoms with Crippen LogP contribution in [0.1, 0.15) is 25.8 Å². The van der Waals surface area contributed by atoms with Crippen LogP contribution >= 0.6 is 15.9 Å². The summed E-state index contributed by atoms with van der Waals surface area (Å²) in [4.78, 5) is 13.7. The maximum atomic E-state index is 11.5. The molecule has 19 heavy (non-hydrogen) atoms. The number of halogens is 1. The summed E-state index contributed by atoms with van der Waals surface area (Å²) in [7, 11) is 0. The zero-order valence-electron chi connectivity index (χ0n) is 11.6. The summed E-state index contributed by atoms with van der Waals surface area (Å²) in [5, 5.41) is 9.42. The molecule has 104 valence electrons. The molecule has 1 aromatic carbocycles. The topological polar surface area (TPSA) is 40.5 Å². The molecule has 1 aliphatic heterocycles. The van der Waals surface area contributed by atoms with Crippen molar-refractivity contribution >= 4 is 27.6 Å². The maximum Gasteiger partial charge on any atom is 0.308 e. The Hall–Kier alpha value is -1.03. The molecule has 2 rings (SSSR count). The van der Waals surface area contributed by atoms with Crippen molar-refractivity contribution in [2.45, 2.75) is 27.2 Å². The molecular formula is C15H20BrNO2. The van der Waals surface area contributed by atoms with Crippen molar-refractivity contribution in [1.82, 2.24) is 0 Å². The number of aliphatic carboxylic acids is 1. The third kappa shape index (κ3) is 2.94. The van der Waals surface area contributed by atoms with Gasteiger partial charge in [0.1, 0.15) is 0 Å². The Bertz CT molecular complexity index is 499. The number of nitrogens with zero attached hydrogens (tertiary/aromatic N) is 1. The highest BCUT2D eigenvalue weighted by Crippen LogP contribution is 2.38. The van der Waals surface area contributed by atoms with Crippen molar-refractivity contribution < 1.29 is 9.90 Å². The number of carbonyl (C=O) groups is 1. The van der Waals surface area contributed by atoms with Crippen molar-refractivity contribution in [3.8, 4) is 0 Å². The van der Waals surface area contributed by atoms with Crippen LogP contribution in [-0.2, 0) is 4.79 Å². The van der Waals surface area contributed by atoms with Gasteiger partial charge in [-0.1, -0.05) is 29.8 Å². The van der Waals surface area contributed by atoms with Gasteiger partial charge in [0, 0.05) is 23.2 Å². The third-order valence-electron chi connectivity index (χ3n) is 4.17. The van der Waals surface area contributed by atoms with Crippen molar-refractivity contribution in [3.05, 3.63) is 28.2 Å². The van der Waals surface area contributed by atoms with Crippen LogP contribution in [0.5, 0.6) is 0 Å². The summed E-state index contributed by atoms with van der Waals surface area (Å²) in [6, 6.07) is 6.15. The largest absolute Gasteiger partial charge is 0.481 e. The molecule has 0 aliphatic carbocycles. The molecule has 1 aromatic rings. The first-order valence-corrected chi connectivity index (χ1v) is 7.34. The smallest absolute Gasteiger partial charge is 0.308 e. The second kappa shape index (κ2) is 5.16. The molecule has 3 nitrogen and oxygen atoms in total. The van der Waals surface area contributed by atoms with Gasteiger partial charge in [0.2, 0.25) is 0 Å². The summed E-state index contributed by atoms with van der Waals surface area (Å²) in [5.74, 6) is -1.01. The number of carboxylic acid groups (broad SMARTS) is 1. The zero-order valence-corrected chi connectivity index (χ0v) is 13.2. The molecule has 1 N–H and O–H groups in total. The van der Waals surface area contributed by atoms with Gasteiger partial charge in [0.15, 0.2) is 0 Å². The molecule has 1 heterocycles. The maximum absolute atomic E-state index is 11.5. The Kier molecular flexibility index (Phi) is 3.90. The lowest BCUT2D eigenvalue weighted by Crippen LogP contribution is -2.48. The van der Waals surface area contributed by atoms with E-state index in [0.29, 0.717) is 6.54 Å². The Morgan fingerprint density at radius 1 is 1.47 bits per heavy atom. The van der Waals surface area contributed by atoms with Gasteiger partial charge in [-0.3, -0.25) is 4.79 Å². The van der Waals surface area contributed by atoms with Crippen LogP contribution in [-0.4, -0.2) is 24.2 Å². The number of piperidine rings is 1. The fourth-order valence-corrected chi connectivity index (χ4v) is 3.24. The van der Waals surface area contributed by atoms with E-state index in [0.717, 1.165) is 23.1 Å². The Labute approximate surface area is 122 Å². The molecule has 1 fully saturated rings. The number of rotatable bonds is 2. The van der Waals surface area contributed by atoms with Gasteiger partial charge >= 0.3 is 5.97 Å². The van der Waals surface area contributed by atoms with Gasteiger partial charge < -0.3 is 10.0 Å². The fraction of sp³-hybridized carbons (Fsp3) is 0.533. The summed E-state index contributed by atoms with van der Waals surface area (Å²) < 4.78 is 1.06. The van der Waals surface area contributed by atoms with E-state index in [1.807, 2.05) is 6.07 Å². The predicted molar refractivity (Wildman–Crippen MR) is 80.6 cm³/mol. The van der Waals surface area contributed by atoms with E-state index in [1.165, 1.54) is 5.56 Å². The number of aryl methyl sites for hydroxylation is 1. The quantitative estimate of drug-likeness (QED) is 0.901. The number of anilines is 1. The highest BCUT2D eigenvalue weighted by atomic mass is 79.9. The minimum atomic E-state index is -0.690. The van der Waals surface area contributed by atoms with Crippen molar-refractivity contribution in [2.75, 3.05) is 18.0 Å². The first-order chi connectivity index (χ1) is 8.81. The average molecular weight is 326 g/mol. The third-order valence-corrected chi connectivity index (χ3v) is 4.66. The molecule has 0 spiro atoms. The van der Waals surface area contributed by atoms with E-state index < -0.39 is 5.97 Å². The van der Waals surface area contributed by atoms with Gasteiger partial charge in [-0.15, -0.1) is 0 Å². The SMILES string of the molecule is Cc1cc(Br)ccc1N1CCC(C)(C)C(C(=O)O)C1. The van der Waals surface area contributed by atoms with Gasteiger partial charge in [0.25, 0.3) is 0 Å². The average Bonchev–Trinajstić information content (AvgIpc) is 2.29. The molecule has 0 radical (unpaired) electrons. The Morgan fingerprint density at radius 2 is 2.16 bits per heavy atom. The Balaban J connectivity index is 2.26. The molecule has 1 aliphatic rings. The zero-order chi connectivity index (χ0) is 14.2. The van der Waals surface area contributed by atoms with Gasteiger partial charge in [-0.05, 0) is 42.5 Å². The van der Waals surface area contributed by atoms with E-state index in [1.54, 1.807) is 0 Å². The lowest BCUT2D eigenvalue weighted by molar-refractivity contribution is -0.146. The first kappa shape index (κ1) is 14.4. The molecule has 1 unspecified atom stereocenters. The number of hydrogen-bond donors (Lipinski definition) is 1. The normalized spacial score (nSPS) is 22.3. The lowest BCUT2D eigenvalue weighted by atomic mass is 9.73. The van der Waals surface area contributed by atoms with E-state index in [4.69, 9.17) is 0 Å². The van der Waals surface area contributed by atoms with Crippen LogP contribution in [0, 0.1) is 18.3 Å². The van der Waals surface area contributed by atoms with Crippen LogP contribution < -0.4 is 4.90 Å². The van der Waals surface area contributed by atoms with Gasteiger partial charge in [-0.25, -0.2) is 0 Å². The van der Waals surface area contributed by atoms with Crippen LogP contribution in [0.3, 0.4) is 0 Å². The summed E-state index contributed by atoms with van der Waals surface area (Å²) in [5.41, 5.74) is 2.19. The van der Waals surface area contributed by atoms with E-state index in [9.17, 15) is 9.90 Å². The molecule has 1 atom stereocenters. The van der Waals surface area contributed by atoms with E-state index in [2.05, 4.69) is 53.7 Å². The number of hydrogen-bond acceptors (Lipinski definition) is 2. The molecule has 0 aromatic heterocycles. The highest BCUT2D eigenvalue weighted by Gasteiger charge is 2.40. The van der Waals surface area contributed by atoms with Crippen LogP contribution in [0.2, 0.25) is 0 Å². The van der Waals surface area contributed by atoms with Crippen LogP contribution in [0.15, 0.2) is 22.7 Å². The molecule has 0 bridgehead atoms. The highest BCUT2D eigenvalue weighted by molar-refractivity contribution is 9.10. The minimum absolute atomic E-state index is 0.133. The second-order valence-corrected chi connectivity index (χ2v) is 6.92. The lowest BCUT2D eigenvalue weighted by Gasteiger charge is -2.43. The summed E-state index contributed by atoms with van der Waals surface area (Å²) >= 11 is 3.46. The van der Waals surface area contributed by atoms with Gasteiger partial charge in [-0.2, -0.15) is 0 Å². The van der Waals surface area contributed by atoms with Crippen LogP contribution in [0.25, 0.3) is 0 Å². The predicted octanol–water partition coefficient (Wildman–Crippen LogP) is 3.69. The summed E-state index contributed by atoms with van der Waals surface area (Å²) in [6.07, 6.45) is 0.902. The Morgan fingerprint density at radius 3 is 2.74 bits per heavy atom. The molecular weight excluding hydrogens is 306 g/mol. The van der Waals surface area contributed by atoms with Crippen molar-refractivity contribution in [3.63, 3.8) is 0 Å². The van der Waals surface area contributed by atoms with Crippen molar-refractivity contribution in [1.29, 1.82) is 0 Å². The fourth-order valence-electron chi connectivity index (χ4n) is 2.76. The van der Waals surface area contributed by atoms with Crippen molar-refractivity contribution in [2.24, 2.45) is 11.3 Å². The monoisotopic (exact) mass is 325 g/mol. The number of benzene rings is 1. The molecule has 0 amide bonds. The second-order valence-electron chi connectivity index (χ2n) is 6.01. The minimum Gasteiger partial charge on any atom is -0.481 e.